The van der Waals surface area contributed by atoms with Gasteiger partial charge in [0.25, 0.3) is 0 Å². The van der Waals surface area contributed by atoms with Crippen LogP contribution in [0.15, 0.2) is 60.7 Å². The van der Waals surface area contributed by atoms with E-state index in [1.54, 1.807) is 6.07 Å². The third kappa shape index (κ3) is 3.85. The van der Waals surface area contributed by atoms with Gasteiger partial charge in [0, 0.05) is 0 Å². The van der Waals surface area contributed by atoms with E-state index in [-0.39, 0.29) is 0 Å². The lowest BCUT2D eigenvalue weighted by Crippen LogP contribution is -2.06. The molecule has 0 unspecified atom stereocenters. The Morgan fingerprint density at radius 2 is 1.64 bits per heavy atom. The lowest BCUT2D eigenvalue weighted by atomic mass is 10.1. The number of hydrogen-bond acceptors (Lipinski definition) is 3. The fourth-order valence-corrected chi connectivity index (χ4v) is 2.07. The highest BCUT2D eigenvalue weighted by atomic mass is 16.5. The Hall–Kier alpha value is -2.81. The Kier molecular flexibility index (Phi) is 5.55. The van der Waals surface area contributed by atoms with Gasteiger partial charge in [-0.15, -0.1) is 0 Å². The largest absolute Gasteiger partial charge is 0.496 e. The number of rotatable bonds is 5. The SMILES string of the molecule is COC(=O)c1c(/C=C/C=C/c2ccccc2)cccc1OC. The summed E-state index contributed by atoms with van der Waals surface area (Å²) >= 11 is 0. The number of benzene rings is 2. The van der Waals surface area contributed by atoms with Gasteiger partial charge in [-0.3, -0.25) is 0 Å². The molecule has 112 valence electrons. The molecule has 0 aliphatic rings. The predicted molar refractivity (Wildman–Crippen MR) is 88.8 cm³/mol. The van der Waals surface area contributed by atoms with Crippen LogP contribution in [0.25, 0.3) is 12.2 Å². The molecule has 0 aliphatic carbocycles. The van der Waals surface area contributed by atoms with Gasteiger partial charge in [0.15, 0.2) is 0 Å². The van der Waals surface area contributed by atoms with Crippen LogP contribution < -0.4 is 4.74 Å². The molecule has 0 spiro atoms. The molecule has 22 heavy (non-hydrogen) atoms. The van der Waals surface area contributed by atoms with Gasteiger partial charge in [-0.05, 0) is 17.2 Å². The lowest BCUT2D eigenvalue weighted by Gasteiger charge is -2.09. The third-order valence-electron chi connectivity index (χ3n) is 3.14. The molecule has 0 bridgehead atoms. The number of hydrogen-bond donors (Lipinski definition) is 0. The molecule has 2 aromatic rings. The molecule has 0 saturated heterocycles. The maximum Gasteiger partial charge on any atom is 0.342 e. The molecule has 0 radical (unpaired) electrons. The molecule has 0 N–H and O–H groups in total. The summed E-state index contributed by atoms with van der Waals surface area (Å²) in [5, 5.41) is 0. The second-order valence-corrected chi connectivity index (χ2v) is 4.54. The van der Waals surface area contributed by atoms with Gasteiger partial charge >= 0.3 is 5.97 Å². The molecule has 3 heteroatoms. The zero-order valence-electron chi connectivity index (χ0n) is 12.7. The van der Waals surface area contributed by atoms with Crippen molar-refractivity contribution in [3.05, 3.63) is 77.4 Å². The molecule has 0 aromatic heterocycles. The topological polar surface area (TPSA) is 35.5 Å². The normalized spacial score (nSPS) is 11.0. The van der Waals surface area contributed by atoms with E-state index in [9.17, 15) is 4.79 Å². The van der Waals surface area contributed by atoms with Crippen LogP contribution in [-0.4, -0.2) is 20.2 Å². The average Bonchev–Trinajstić information content (AvgIpc) is 2.58. The van der Waals surface area contributed by atoms with Crippen LogP contribution >= 0.6 is 0 Å². The summed E-state index contributed by atoms with van der Waals surface area (Å²) in [6.07, 6.45) is 7.66. The van der Waals surface area contributed by atoms with Crippen molar-refractivity contribution < 1.29 is 14.3 Å². The minimum Gasteiger partial charge on any atom is -0.496 e. The van der Waals surface area contributed by atoms with Gasteiger partial charge in [0.2, 0.25) is 0 Å². The van der Waals surface area contributed by atoms with Gasteiger partial charge in [0.05, 0.1) is 14.2 Å². The van der Waals surface area contributed by atoms with Crippen LogP contribution in [0.4, 0.5) is 0 Å². The van der Waals surface area contributed by atoms with Crippen molar-refractivity contribution in [2.75, 3.05) is 14.2 Å². The highest BCUT2D eigenvalue weighted by molar-refractivity contribution is 5.96. The molecular weight excluding hydrogens is 276 g/mol. The van der Waals surface area contributed by atoms with Crippen molar-refractivity contribution in [1.29, 1.82) is 0 Å². The Morgan fingerprint density at radius 1 is 0.909 bits per heavy atom. The number of carbonyl (C=O) groups excluding carboxylic acids is 1. The summed E-state index contributed by atoms with van der Waals surface area (Å²) in [5.41, 5.74) is 2.30. The zero-order valence-corrected chi connectivity index (χ0v) is 12.7. The van der Waals surface area contributed by atoms with Crippen LogP contribution in [-0.2, 0) is 4.74 Å². The lowest BCUT2D eigenvalue weighted by molar-refractivity contribution is 0.0597. The first-order chi connectivity index (χ1) is 10.8. The van der Waals surface area contributed by atoms with Gasteiger partial charge in [-0.2, -0.15) is 0 Å². The van der Waals surface area contributed by atoms with Gasteiger partial charge in [0.1, 0.15) is 11.3 Å². The summed E-state index contributed by atoms with van der Waals surface area (Å²) in [5.74, 6) is 0.0881. The molecule has 2 aromatic carbocycles. The van der Waals surface area contributed by atoms with E-state index in [1.165, 1.54) is 14.2 Å². The second kappa shape index (κ2) is 7.84. The molecule has 0 heterocycles. The Morgan fingerprint density at radius 3 is 2.32 bits per heavy atom. The van der Waals surface area contributed by atoms with E-state index in [2.05, 4.69) is 0 Å². The van der Waals surface area contributed by atoms with Crippen LogP contribution in [0.5, 0.6) is 5.75 Å². The summed E-state index contributed by atoms with van der Waals surface area (Å²) in [7, 11) is 2.89. The number of esters is 1. The number of allylic oxidation sites excluding steroid dienone is 2. The molecule has 2 rings (SSSR count). The smallest absolute Gasteiger partial charge is 0.342 e. The number of carbonyl (C=O) groups is 1. The minimum atomic E-state index is -0.413. The maximum atomic E-state index is 11.9. The first-order valence-electron chi connectivity index (χ1n) is 6.91. The fourth-order valence-electron chi connectivity index (χ4n) is 2.07. The quantitative estimate of drug-likeness (QED) is 0.612. The van der Waals surface area contributed by atoms with Crippen molar-refractivity contribution in [3.63, 3.8) is 0 Å². The van der Waals surface area contributed by atoms with E-state index in [1.807, 2.05) is 66.8 Å². The fraction of sp³-hybridized carbons (Fsp3) is 0.105. The van der Waals surface area contributed by atoms with Crippen molar-refractivity contribution in [2.45, 2.75) is 0 Å². The molecule has 0 aliphatic heterocycles. The number of ether oxygens (including phenoxy) is 2. The van der Waals surface area contributed by atoms with Gasteiger partial charge < -0.3 is 9.47 Å². The van der Waals surface area contributed by atoms with Crippen LogP contribution in [0.3, 0.4) is 0 Å². The first kappa shape index (κ1) is 15.6. The van der Waals surface area contributed by atoms with Crippen molar-refractivity contribution in [2.24, 2.45) is 0 Å². The molecular formula is C19H18O3. The number of methoxy groups -OCH3 is 2. The molecule has 3 nitrogen and oxygen atoms in total. The van der Waals surface area contributed by atoms with Crippen LogP contribution in [0, 0.1) is 0 Å². The van der Waals surface area contributed by atoms with E-state index >= 15 is 0 Å². The average molecular weight is 294 g/mol. The molecule has 0 amide bonds. The minimum absolute atomic E-state index is 0.413. The van der Waals surface area contributed by atoms with Crippen molar-refractivity contribution in [3.8, 4) is 5.75 Å². The zero-order chi connectivity index (χ0) is 15.8. The second-order valence-electron chi connectivity index (χ2n) is 4.54. The van der Waals surface area contributed by atoms with E-state index in [4.69, 9.17) is 9.47 Å². The molecule has 0 fully saturated rings. The summed E-state index contributed by atoms with van der Waals surface area (Å²) < 4.78 is 10.1. The monoisotopic (exact) mass is 294 g/mol. The maximum absolute atomic E-state index is 11.9. The van der Waals surface area contributed by atoms with E-state index in [0.717, 1.165) is 11.1 Å². The Balaban J connectivity index is 2.24. The summed E-state index contributed by atoms with van der Waals surface area (Å²) in [6.45, 7) is 0. The Bertz CT molecular complexity index is 685. The molecule has 0 atom stereocenters. The summed E-state index contributed by atoms with van der Waals surface area (Å²) in [6, 6.07) is 15.4. The summed E-state index contributed by atoms with van der Waals surface area (Å²) in [4.78, 5) is 11.9. The van der Waals surface area contributed by atoms with Crippen molar-refractivity contribution in [1.82, 2.24) is 0 Å². The Labute approximate surface area is 130 Å². The van der Waals surface area contributed by atoms with Crippen LogP contribution in [0.1, 0.15) is 21.5 Å². The van der Waals surface area contributed by atoms with E-state index < -0.39 is 5.97 Å². The van der Waals surface area contributed by atoms with Crippen molar-refractivity contribution >= 4 is 18.1 Å². The highest BCUT2D eigenvalue weighted by Crippen LogP contribution is 2.24. The third-order valence-corrected chi connectivity index (χ3v) is 3.14. The van der Waals surface area contributed by atoms with Gasteiger partial charge in [-0.1, -0.05) is 66.8 Å². The first-order valence-corrected chi connectivity index (χ1v) is 6.91. The van der Waals surface area contributed by atoms with Crippen LogP contribution in [0.2, 0.25) is 0 Å². The standard InChI is InChI=1S/C19H18O3/c1-21-17-14-8-13-16(18(17)19(20)22-2)12-7-6-11-15-9-4-3-5-10-15/h3-14H,1-2H3/b11-6+,12-7+. The van der Waals surface area contributed by atoms with Gasteiger partial charge in [-0.25, -0.2) is 4.79 Å². The van der Waals surface area contributed by atoms with E-state index in [0.29, 0.717) is 11.3 Å². The highest BCUT2D eigenvalue weighted by Gasteiger charge is 2.15. The predicted octanol–water partition coefficient (Wildman–Crippen LogP) is 4.21. The molecule has 0 saturated carbocycles.